The zero-order valence-electron chi connectivity index (χ0n) is 18.6. The molecule has 0 fully saturated rings. The molecule has 0 aromatic heterocycles. The van der Waals surface area contributed by atoms with Gasteiger partial charge in [0.2, 0.25) is 0 Å². The fraction of sp³-hybridized carbons (Fsp3) is 1.00. The van der Waals surface area contributed by atoms with Gasteiger partial charge in [-0.3, -0.25) is 4.90 Å². The summed E-state index contributed by atoms with van der Waals surface area (Å²) in [5, 5.41) is 0. The number of halogens is 12. The van der Waals surface area contributed by atoms with E-state index < -0.39 is 50.0 Å². The van der Waals surface area contributed by atoms with E-state index in [0.29, 0.717) is 26.4 Å². The summed E-state index contributed by atoms with van der Waals surface area (Å²) in [6.07, 6.45) is -8.17. The Kier molecular flexibility index (Phi) is 17.5. The molecule has 222 valence electrons. The number of ether oxygens (including phenoxy) is 2. The van der Waals surface area contributed by atoms with E-state index in [4.69, 9.17) is 9.47 Å². The maximum atomic E-state index is 12.2. The van der Waals surface area contributed by atoms with E-state index in [-0.39, 0.29) is 20.0 Å². The molecule has 0 spiro atoms. The molecule has 0 saturated carbocycles. The van der Waals surface area contributed by atoms with Crippen molar-refractivity contribution >= 4 is 20.0 Å². The van der Waals surface area contributed by atoms with Gasteiger partial charge in [-0.25, -0.2) is 16.8 Å². The molecular weight excluding hydrogens is 584 g/mol. The Bertz CT molecular complexity index is 735. The van der Waals surface area contributed by atoms with Crippen LogP contribution in [0, 0.1) is 0 Å². The third-order valence-corrected chi connectivity index (χ3v) is 5.44. The number of alkyl halides is 12. The van der Waals surface area contributed by atoms with Crippen molar-refractivity contribution < 1.29 is 79.0 Å². The average Bonchev–Trinajstić information content (AvgIpc) is 2.57. The summed E-state index contributed by atoms with van der Waals surface area (Å²) >= 11 is 0. The van der Waals surface area contributed by atoms with E-state index in [2.05, 4.69) is 0 Å². The SMILES string of the molecule is CC(F)(F)F.CCOCCN(CCOCC)CC(F)(F)F.O=S(=O)([N-]S(=O)(=O)C(F)(F)F)C(F)(F)F. The summed E-state index contributed by atoms with van der Waals surface area (Å²) in [7, 11) is -13.4. The summed E-state index contributed by atoms with van der Waals surface area (Å²) in [4.78, 5) is 1.30. The minimum Gasteiger partial charge on any atom is -0.421 e. The number of nitrogens with zero attached hydrogens (tertiary/aromatic N) is 2. The highest BCUT2D eigenvalue weighted by Gasteiger charge is 2.46. The van der Waals surface area contributed by atoms with Crippen LogP contribution in [0.25, 0.3) is 4.13 Å². The predicted octanol–water partition coefficient (Wildman–Crippen LogP) is 4.55. The lowest BCUT2D eigenvalue weighted by Crippen LogP contribution is -2.38. The van der Waals surface area contributed by atoms with Crippen LogP contribution in [0.5, 0.6) is 0 Å². The van der Waals surface area contributed by atoms with Gasteiger partial charge in [0.05, 0.1) is 19.8 Å². The smallest absolute Gasteiger partial charge is 0.421 e. The molecule has 0 heterocycles. The topological polar surface area (TPSA) is 104 Å². The number of hydrogen-bond acceptors (Lipinski definition) is 7. The van der Waals surface area contributed by atoms with Crippen LogP contribution < -0.4 is 0 Å². The van der Waals surface area contributed by atoms with Gasteiger partial charge in [-0.05, 0) is 13.8 Å². The Morgan fingerprint density at radius 2 is 0.944 bits per heavy atom. The van der Waals surface area contributed by atoms with Gasteiger partial charge in [0.25, 0.3) is 0 Å². The quantitative estimate of drug-likeness (QED) is 0.251. The molecule has 0 saturated heterocycles. The average molecular weight is 607 g/mol. The molecule has 8 nitrogen and oxygen atoms in total. The van der Waals surface area contributed by atoms with Crippen molar-refractivity contribution in [3.05, 3.63) is 4.13 Å². The molecule has 0 bridgehead atoms. The number of rotatable bonds is 11. The zero-order valence-corrected chi connectivity index (χ0v) is 20.3. The van der Waals surface area contributed by atoms with Crippen molar-refractivity contribution in [2.45, 2.75) is 44.1 Å². The van der Waals surface area contributed by atoms with Crippen LogP contribution in [-0.4, -0.2) is 91.2 Å². The molecule has 0 atom stereocenters. The Labute approximate surface area is 199 Å². The van der Waals surface area contributed by atoms with Gasteiger partial charge < -0.3 is 13.6 Å². The van der Waals surface area contributed by atoms with E-state index in [1.807, 2.05) is 13.8 Å². The Morgan fingerprint density at radius 3 is 1.14 bits per heavy atom. The summed E-state index contributed by atoms with van der Waals surface area (Å²) in [6.45, 7) is 5.14. The summed E-state index contributed by atoms with van der Waals surface area (Å²) in [5.41, 5.74) is -12.4. The first-order valence-electron chi connectivity index (χ1n) is 9.08. The van der Waals surface area contributed by atoms with Crippen LogP contribution in [0.2, 0.25) is 0 Å². The minimum absolute atomic E-state index is 0.188. The summed E-state index contributed by atoms with van der Waals surface area (Å²) in [5.74, 6) is 0. The van der Waals surface area contributed by atoms with Crippen LogP contribution in [0.4, 0.5) is 52.7 Å². The van der Waals surface area contributed by atoms with Gasteiger partial charge in [-0.1, -0.05) is 0 Å². The number of hydrogen-bond donors (Lipinski definition) is 0. The fourth-order valence-electron chi connectivity index (χ4n) is 1.41. The molecule has 22 heteroatoms. The van der Waals surface area contributed by atoms with Crippen molar-refractivity contribution in [1.82, 2.24) is 4.90 Å². The van der Waals surface area contributed by atoms with Crippen molar-refractivity contribution in [2.24, 2.45) is 0 Å². The molecule has 0 aromatic carbocycles. The highest BCUT2D eigenvalue weighted by molar-refractivity contribution is 8.13. The van der Waals surface area contributed by atoms with Crippen LogP contribution in [-0.2, 0) is 29.5 Å². The first kappa shape index (κ1) is 39.4. The van der Waals surface area contributed by atoms with Gasteiger partial charge in [0.15, 0.2) is 20.0 Å². The van der Waals surface area contributed by atoms with Crippen molar-refractivity contribution in [1.29, 1.82) is 0 Å². The third kappa shape index (κ3) is 23.3. The van der Waals surface area contributed by atoms with Crippen LogP contribution in [0.3, 0.4) is 0 Å². The second-order valence-corrected chi connectivity index (χ2v) is 9.40. The molecule has 0 aromatic rings. The van der Waals surface area contributed by atoms with Crippen LogP contribution >= 0.6 is 0 Å². The first-order chi connectivity index (χ1) is 15.7. The van der Waals surface area contributed by atoms with Crippen LogP contribution in [0.15, 0.2) is 0 Å². The molecule has 0 N–H and O–H groups in total. The molecule has 0 aliphatic rings. The van der Waals surface area contributed by atoms with Gasteiger partial charge in [-0.15, -0.1) is 0 Å². The van der Waals surface area contributed by atoms with Crippen molar-refractivity contribution in [2.75, 3.05) is 46.1 Å². The minimum atomic E-state index is -6.72. The van der Waals surface area contributed by atoms with E-state index >= 15 is 0 Å². The van der Waals surface area contributed by atoms with Gasteiger partial charge in [-0.2, -0.15) is 52.7 Å². The zero-order chi connectivity index (χ0) is 29.6. The Balaban J connectivity index is -0.000000510. The highest BCUT2D eigenvalue weighted by atomic mass is 32.3. The van der Waals surface area contributed by atoms with Gasteiger partial charge in [0, 0.05) is 33.2 Å². The number of sulfonamides is 2. The fourth-order valence-corrected chi connectivity index (χ4v) is 3.12. The molecule has 0 radical (unpaired) electrons. The van der Waals surface area contributed by atoms with Gasteiger partial charge in [0.1, 0.15) is 0 Å². The van der Waals surface area contributed by atoms with E-state index in [1.54, 1.807) is 0 Å². The molecule has 0 rings (SSSR count). The van der Waals surface area contributed by atoms with Gasteiger partial charge >= 0.3 is 23.4 Å². The molecule has 0 aliphatic carbocycles. The Morgan fingerprint density at radius 1 is 0.667 bits per heavy atom. The van der Waals surface area contributed by atoms with E-state index in [9.17, 15) is 69.5 Å². The largest absolute Gasteiger partial charge is 0.480 e. The molecule has 36 heavy (non-hydrogen) atoms. The maximum Gasteiger partial charge on any atom is 0.480 e. The standard InChI is InChI=1S/C10H20F3NO2.C2F6NO4S2.C2H3F3/c1-3-15-7-5-14(6-8-16-4-2)9-10(11,12)13;3-1(4,5)14(10,11)9-15(12,13)2(6,7)8;1-2(3,4)5/h3-9H2,1-2H3;;1H3/q;-1;. The molecule has 0 amide bonds. The second-order valence-electron chi connectivity index (χ2n) is 5.98. The predicted molar refractivity (Wildman–Crippen MR) is 101 cm³/mol. The lowest BCUT2D eigenvalue weighted by molar-refractivity contribution is -0.148. The summed E-state index contributed by atoms with van der Waals surface area (Å²) in [6, 6.07) is 0. The molecule has 0 unspecified atom stereocenters. The lowest BCUT2D eigenvalue weighted by Gasteiger charge is -2.23. The highest BCUT2D eigenvalue weighted by Crippen LogP contribution is 2.36. The summed E-state index contributed by atoms with van der Waals surface area (Å²) < 4.78 is 187. The van der Waals surface area contributed by atoms with Crippen LogP contribution in [0.1, 0.15) is 20.8 Å². The van der Waals surface area contributed by atoms with Crippen molar-refractivity contribution in [3.8, 4) is 0 Å². The normalized spacial score (nSPS) is 13.6. The maximum absolute atomic E-state index is 12.2. The van der Waals surface area contributed by atoms with E-state index in [0.717, 1.165) is 4.13 Å². The molecular formula is C14H23F12N2O6S2-. The molecule has 0 aliphatic heterocycles. The lowest BCUT2D eigenvalue weighted by atomic mass is 10.4. The monoisotopic (exact) mass is 607 g/mol. The third-order valence-electron chi connectivity index (χ3n) is 2.70. The second kappa shape index (κ2) is 16.0. The first-order valence-corrected chi connectivity index (χ1v) is 12.0. The van der Waals surface area contributed by atoms with Crippen molar-refractivity contribution in [3.63, 3.8) is 0 Å². The Hall–Kier alpha value is -1.10. The van der Waals surface area contributed by atoms with E-state index in [1.165, 1.54) is 4.90 Å².